The summed E-state index contributed by atoms with van der Waals surface area (Å²) >= 11 is 5.90. The molecule has 0 spiro atoms. The summed E-state index contributed by atoms with van der Waals surface area (Å²) in [6.45, 7) is 6.20. The summed E-state index contributed by atoms with van der Waals surface area (Å²) < 4.78 is 30.5. The van der Waals surface area contributed by atoms with Crippen LogP contribution in [0, 0.1) is 0 Å². The molecule has 1 unspecified atom stereocenters. The monoisotopic (exact) mass is 332 g/mol. The summed E-state index contributed by atoms with van der Waals surface area (Å²) in [6.07, 6.45) is -0.317. The first kappa shape index (κ1) is 16.5. The third-order valence-electron chi connectivity index (χ3n) is 3.64. The van der Waals surface area contributed by atoms with Gasteiger partial charge >= 0.3 is 0 Å². The van der Waals surface area contributed by atoms with Gasteiger partial charge in [-0.2, -0.15) is 0 Å². The molecule has 1 heterocycles. The maximum Gasteiger partial charge on any atom is 0.181 e. The van der Waals surface area contributed by atoms with Crippen molar-refractivity contribution in [2.75, 3.05) is 31.2 Å². The smallest absolute Gasteiger partial charge is 0.181 e. The van der Waals surface area contributed by atoms with Crippen LogP contribution in [0.1, 0.15) is 13.8 Å². The van der Waals surface area contributed by atoms with Crippen molar-refractivity contribution in [2.24, 2.45) is 0 Å². The number of nitrogens with two attached hydrogens (primary N) is 1. The Morgan fingerprint density at radius 1 is 1.48 bits per heavy atom. The SMILES string of the molecule is CC(C)N1CCOC(CS(=O)(=O)c2ccc(N)c(Cl)c2)C1. The van der Waals surface area contributed by atoms with Crippen LogP contribution in [-0.2, 0) is 14.6 Å². The Hall–Kier alpha value is -0.820. The highest BCUT2D eigenvalue weighted by atomic mass is 35.5. The standard InChI is InChI=1S/C14H21ClN2O3S/c1-10(2)17-5-6-20-11(8-17)9-21(18,19)12-3-4-14(16)13(15)7-12/h3-4,7,10-11H,5-6,8-9,16H2,1-2H3. The molecule has 5 nitrogen and oxygen atoms in total. The summed E-state index contributed by atoms with van der Waals surface area (Å²) in [5.74, 6) is -0.0452. The van der Waals surface area contributed by atoms with Crippen LogP contribution >= 0.6 is 11.6 Å². The second-order valence-corrected chi connectivity index (χ2v) is 7.99. The third-order valence-corrected chi connectivity index (χ3v) is 5.75. The van der Waals surface area contributed by atoms with Crippen molar-refractivity contribution in [1.82, 2.24) is 4.90 Å². The summed E-state index contributed by atoms with van der Waals surface area (Å²) in [7, 11) is -3.44. The zero-order chi connectivity index (χ0) is 15.6. The fraction of sp³-hybridized carbons (Fsp3) is 0.571. The van der Waals surface area contributed by atoms with Gasteiger partial charge in [-0.15, -0.1) is 0 Å². The maximum absolute atomic E-state index is 12.4. The molecule has 1 aliphatic rings. The van der Waals surface area contributed by atoms with Crippen LogP contribution in [0.5, 0.6) is 0 Å². The minimum absolute atomic E-state index is 0.0452. The topological polar surface area (TPSA) is 72.6 Å². The van der Waals surface area contributed by atoms with Crippen molar-refractivity contribution in [3.05, 3.63) is 23.2 Å². The minimum atomic E-state index is -3.44. The highest BCUT2D eigenvalue weighted by Gasteiger charge is 2.28. The Balaban J connectivity index is 2.11. The fourth-order valence-corrected chi connectivity index (χ4v) is 4.06. The lowest BCUT2D eigenvalue weighted by Gasteiger charge is -2.35. The molecule has 0 amide bonds. The Kier molecular flexibility index (Phi) is 5.14. The fourth-order valence-electron chi connectivity index (χ4n) is 2.35. The van der Waals surface area contributed by atoms with Gasteiger partial charge < -0.3 is 10.5 Å². The van der Waals surface area contributed by atoms with Crippen LogP contribution in [0.25, 0.3) is 0 Å². The lowest BCUT2D eigenvalue weighted by molar-refractivity contribution is -0.0272. The van der Waals surface area contributed by atoms with Crippen molar-refractivity contribution >= 4 is 27.1 Å². The van der Waals surface area contributed by atoms with E-state index in [0.717, 1.165) is 6.54 Å². The van der Waals surface area contributed by atoms with E-state index >= 15 is 0 Å². The molecule has 7 heteroatoms. The molecular weight excluding hydrogens is 312 g/mol. The van der Waals surface area contributed by atoms with E-state index < -0.39 is 9.84 Å². The molecule has 1 atom stereocenters. The first-order chi connectivity index (χ1) is 9.79. The van der Waals surface area contributed by atoms with Gasteiger partial charge in [-0.25, -0.2) is 8.42 Å². The molecular formula is C14H21ClN2O3S. The average Bonchev–Trinajstić information content (AvgIpc) is 2.41. The number of morpholine rings is 1. The largest absolute Gasteiger partial charge is 0.398 e. The number of ether oxygens (including phenoxy) is 1. The molecule has 0 radical (unpaired) electrons. The number of nitrogen functional groups attached to an aromatic ring is 1. The second-order valence-electron chi connectivity index (χ2n) is 5.55. The second kappa shape index (κ2) is 6.52. The van der Waals surface area contributed by atoms with Crippen molar-refractivity contribution in [3.63, 3.8) is 0 Å². The average molecular weight is 333 g/mol. The number of benzene rings is 1. The van der Waals surface area contributed by atoms with Crippen molar-refractivity contribution in [3.8, 4) is 0 Å². The van der Waals surface area contributed by atoms with E-state index in [1.807, 2.05) is 0 Å². The zero-order valence-corrected chi connectivity index (χ0v) is 13.8. The molecule has 1 aliphatic heterocycles. The van der Waals surface area contributed by atoms with E-state index in [-0.39, 0.29) is 21.8 Å². The minimum Gasteiger partial charge on any atom is -0.398 e. The molecule has 1 saturated heterocycles. The number of halogens is 1. The van der Waals surface area contributed by atoms with Crippen LogP contribution < -0.4 is 5.73 Å². The maximum atomic E-state index is 12.4. The van der Waals surface area contributed by atoms with E-state index in [4.69, 9.17) is 22.1 Å². The van der Waals surface area contributed by atoms with Gasteiger partial charge in [0, 0.05) is 19.1 Å². The summed E-state index contributed by atoms with van der Waals surface area (Å²) in [5.41, 5.74) is 5.98. The predicted molar refractivity (Wildman–Crippen MR) is 84.4 cm³/mol. The van der Waals surface area contributed by atoms with Crippen LogP contribution in [0.4, 0.5) is 5.69 Å². The number of anilines is 1. The van der Waals surface area contributed by atoms with Gasteiger partial charge in [-0.3, -0.25) is 4.90 Å². The quantitative estimate of drug-likeness (QED) is 0.851. The lowest BCUT2D eigenvalue weighted by Crippen LogP contribution is -2.48. The number of sulfone groups is 1. The van der Waals surface area contributed by atoms with Crippen molar-refractivity contribution < 1.29 is 13.2 Å². The van der Waals surface area contributed by atoms with Gasteiger partial charge in [-0.1, -0.05) is 11.6 Å². The molecule has 118 valence electrons. The van der Waals surface area contributed by atoms with Crippen molar-refractivity contribution in [2.45, 2.75) is 30.9 Å². The Morgan fingerprint density at radius 3 is 2.81 bits per heavy atom. The molecule has 2 N–H and O–H groups in total. The summed E-state index contributed by atoms with van der Waals surface area (Å²) in [5, 5.41) is 0.254. The van der Waals surface area contributed by atoms with E-state index in [9.17, 15) is 8.42 Å². The van der Waals surface area contributed by atoms with Crippen molar-refractivity contribution in [1.29, 1.82) is 0 Å². The molecule has 0 aromatic heterocycles. The van der Waals surface area contributed by atoms with Gasteiger partial charge in [0.2, 0.25) is 0 Å². The molecule has 1 aromatic rings. The van der Waals surface area contributed by atoms with E-state index in [1.165, 1.54) is 18.2 Å². The summed E-state index contributed by atoms with van der Waals surface area (Å²) in [4.78, 5) is 2.41. The number of rotatable bonds is 4. The van der Waals surface area contributed by atoms with Crippen LogP contribution in [-0.4, -0.2) is 50.9 Å². The molecule has 0 aliphatic carbocycles. The molecule has 0 saturated carbocycles. The van der Waals surface area contributed by atoms with Gasteiger partial charge in [-0.05, 0) is 32.0 Å². The normalized spacial score (nSPS) is 20.9. The van der Waals surface area contributed by atoms with Gasteiger partial charge in [0.15, 0.2) is 9.84 Å². The number of nitrogens with zero attached hydrogens (tertiary/aromatic N) is 1. The van der Waals surface area contributed by atoms with Crippen LogP contribution in [0.3, 0.4) is 0 Å². The Labute approximate surface area is 130 Å². The van der Waals surface area contributed by atoms with E-state index in [2.05, 4.69) is 18.7 Å². The van der Waals surface area contributed by atoms with E-state index in [1.54, 1.807) is 0 Å². The molecule has 1 fully saturated rings. The number of hydrogen-bond acceptors (Lipinski definition) is 5. The molecule has 0 bridgehead atoms. The molecule has 21 heavy (non-hydrogen) atoms. The highest BCUT2D eigenvalue weighted by molar-refractivity contribution is 7.91. The van der Waals surface area contributed by atoms with Gasteiger partial charge in [0.05, 0.1) is 34.1 Å². The van der Waals surface area contributed by atoms with Crippen LogP contribution in [0.15, 0.2) is 23.1 Å². The Morgan fingerprint density at radius 2 is 2.19 bits per heavy atom. The highest BCUT2D eigenvalue weighted by Crippen LogP contribution is 2.24. The van der Waals surface area contributed by atoms with Crippen LogP contribution in [0.2, 0.25) is 5.02 Å². The lowest BCUT2D eigenvalue weighted by atomic mass is 10.2. The zero-order valence-electron chi connectivity index (χ0n) is 12.3. The Bertz CT molecular complexity index is 604. The molecule has 2 rings (SSSR count). The van der Waals surface area contributed by atoms with E-state index in [0.29, 0.717) is 24.9 Å². The van der Waals surface area contributed by atoms with Gasteiger partial charge in [0.25, 0.3) is 0 Å². The first-order valence-electron chi connectivity index (χ1n) is 6.93. The first-order valence-corrected chi connectivity index (χ1v) is 8.96. The van der Waals surface area contributed by atoms with Gasteiger partial charge in [0.1, 0.15) is 0 Å². The summed E-state index contributed by atoms with van der Waals surface area (Å²) in [6, 6.07) is 4.77. The third kappa shape index (κ3) is 4.10. The number of hydrogen-bond donors (Lipinski definition) is 1. The predicted octanol–water partition coefficient (Wildman–Crippen LogP) is 1.81. The molecule has 1 aromatic carbocycles.